The second-order valence-electron chi connectivity index (χ2n) is 20.0. The summed E-state index contributed by atoms with van der Waals surface area (Å²) in [6.45, 7) is -0.871. The van der Waals surface area contributed by atoms with Gasteiger partial charge in [0.15, 0.2) is 5.96 Å². The first-order chi connectivity index (χ1) is 40.2. The average Bonchev–Trinajstić information content (AvgIpc) is 4.37. The zero-order valence-corrected chi connectivity index (χ0v) is 46.7. The smallest absolute Gasteiger partial charge is 0.245 e. The number of nitrogens with two attached hydrogens (primary N) is 7. The van der Waals surface area contributed by atoms with Crippen LogP contribution >= 0.6 is 0 Å². The van der Waals surface area contributed by atoms with E-state index in [1.54, 1.807) is 60.8 Å². The van der Waals surface area contributed by atoms with Crippen LogP contribution in [0.3, 0.4) is 0 Å². The van der Waals surface area contributed by atoms with E-state index in [1.807, 2.05) is 0 Å². The van der Waals surface area contributed by atoms with Crippen LogP contribution in [-0.4, -0.2) is 166 Å². The quantitative estimate of drug-likeness (QED) is 0.0113. The topological polar surface area (TPSA) is 526 Å². The summed E-state index contributed by atoms with van der Waals surface area (Å²) in [4.78, 5) is 150. The van der Waals surface area contributed by atoms with Crippen LogP contribution in [-0.2, 0) is 67.2 Å². The summed E-state index contributed by atoms with van der Waals surface area (Å²) in [5.74, 6) is -8.96. The Labute approximate surface area is 484 Å². The molecule has 10 amide bonds. The first-order valence-electron chi connectivity index (χ1n) is 27.6. The number of guanidine groups is 1. The number of carbonyl (C=O) groups is 10. The molecule has 84 heavy (non-hydrogen) atoms. The Kier molecular flexibility index (Phi) is 28.7. The number of aromatic amines is 2. The number of aliphatic hydroxyl groups is 1. The minimum absolute atomic E-state index is 0.0131. The van der Waals surface area contributed by atoms with Crippen molar-refractivity contribution in [2.24, 2.45) is 45.1 Å². The van der Waals surface area contributed by atoms with Gasteiger partial charge in [-0.1, -0.05) is 55.0 Å². The molecule has 0 bridgehead atoms. The summed E-state index contributed by atoms with van der Waals surface area (Å²) in [5, 5.41) is 31.8. The van der Waals surface area contributed by atoms with Crippen molar-refractivity contribution in [3.63, 3.8) is 0 Å². The molecule has 0 radical (unpaired) electrons. The number of unbranched alkanes of at least 4 members (excludes halogenated alkanes) is 2. The molecule has 0 unspecified atom stereocenters. The van der Waals surface area contributed by atoms with E-state index < -0.39 is 127 Å². The van der Waals surface area contributed by atoms with Crippen molar-refractivity contribution in [3.8, 4) is 0 Å². The molecule has 4 rings (SSSR count). The maximum atomic E-state index is 14.7. The molecule has 30 nitrogen and oxygen atoms in total. The second kappa shape index (κ2) is 35.8. The number of H-pyrrole nitrogens is 2. The summed E-state index contributed by atoms with van der Waals surface area (Å²) in [6.07, 6.45) is 5.43. The van der Waals surface area contributed by atoms with Crippen LogP contribution in [0.2, 0.25) is 0 Å². The van der Waals surface area contributed by atoms with Gasteiger partial charge in [0.25, 0.3) is 0 Å². The highest BCUT2D eigenvalue weighted by molar-refractivity contribution is 5.98. The van der Waals surface area contributed by atoms with E-state index in [0.29, 0.717) is 55.6 Å². The van der Waals surface area contributed by atoms with Gasteiger partial charge >= 0.3 is 0 Å². The van der Waals surface area contributed by atoms with E-state index in [9.17, 15) is 53.1 Å². The van der Waals surface area contributed by atoms with Gasteiger partial charge in [-0.15, -0.1) is 0 Å². The van der Waals surface area contributed by atoms with Crippen molar-refractivity contribution in [2.45, 2.75) is 132 Å². The van der Waals surface area contributed by atoms with E-state index in [-0.39, 0.29) is 63.9 Å². The van der Waals surface area contributed by atoms with Gasteiger partial charge in [-0.2, -0.15) is 0 Å². The molecule has 2 aromatic heterocycles. The monoisotopic (exact) mass is 1170 g/mol. The summed E-state index contributed by atoms with van der Waals surface area (Å²) in [7, 11) is 0. The van der Waals surface area contributed by atoms with Crippen LogP contribution in [0.15, 0.2) is 78.3 Å². The maximum absolute atomic E-state index is 14.7. The zero-order valence-electron chi connectivity index (χ0n) is 46.7. The fourth-order valence-electron chi connectivity index (χ4n) is 8.75. The highest BCUT2D eigenvalue weighted by Crippen LogP contribution is 2.20. The third kappa shape index (κ3) is 23.5. The van der Waals surface area contributed by atoms with Crippen LogP contribution in [0.5, 0.6) is 0 Å². The number of aromatic nitrogens is 3. The number of hydrogen-bond acceptors (Lipinski definition) is 16. The van der Waals surface area contributed by atoms with Crippen molar-refractivity contribution in [1.82, 2.24) is 57.5 Å². The number of nitrogens with one attached hydrogen (secondary N) is 10. The number of fused-ring (bicyclic) bond motifs is 1. The third-order valence-electron chi connectivity index (χ3n) is 13.3. The van der Waals surface area contributed by atoms with Crippen molar-refractivity contribution >= 4 is 75.9 Å². The molecule has 2 aromatic carbocycles. The Bertz CT molecular complexity index is 2830. The molecular formula is C54H81N19O11. The van der Waals surface area contributed by atoms with Crippen LogP contribution in [0.1, 0.15) is 81.0 Å². The van der Waals surface area contributed by atoms with Gasteiger partial charge in [0.1, 0.15) is 42.3 Å². The summed E-state index contributed by atoms with van der Waals surface area (Å²) >= 11 is 0. The Hall–Kier alpha value is -9.00. The molecule has 0 aliphatic carbocycles. The standard InChI is InChI=1S/C54H81N19O11/c55-20-8-6-14-35(57)46(77)67-37(16-7-9-21-56)48(79)69-39(18-19-44(58)75)50(81)68-38(17-10-22-63-54(60)61)49(80)70-40(23-31-11-2-1-3-12-31)51(82)72-42(25-33-27-62-30-66-33)52(83)73-43(29-74)53(84)71-41(47(78)65-28-45(59)76)24-32-26-64-36-15-5-4-13-34(32)36/h1-5,11-13,15,26-27,30,35,37-43,64,74H,6-10,14,16-25,28-29,55-57H2,(H2,58,75)(H2,59,76)(H,62,66)(H,65,78)(H,67,77)(H,68,81)(H,69,79)(H,70,80)(H,71,84)(H,72,82)(H,73,83)(H4,60,61,63)/t35-,37-,38-,39-,40-,41-,42-,43-/m0/s1. The van der Waals surface area contributed by atoms with E-state index in [1.165, 1.54) is 12.5 Å². The number of para-hydroxylation sites is 1. The fourth-order valence-corrected chi connectivity index (χ4v) is 8.75. The summed E-state index contributed by atoms with van der Waals surface area (Å²) in [6, 6.07) is 4.34. The molecule has 0 spiro atoms. The maximum Gasteiger partial charge on any atom is 0.245 e. The number of imidazole rings is 1. The second-order valence-corrected chi connectivity index (χ2v) is 20.0. The number of hydrogen-bond donors (Lipinski definition) is 18. The third-order valence-corrected chi connectivity index (χ3v) is 13.3. The van der Waals surface area contributed by atoms with Gasteiger partial charge in [-0.3, -0.25) is 52.9 Å². The largest absolute Gasteiger partial charge is 0.394 e. The van der Waals surface area contributed by atoms with Crippen molar-refractivity contribution in [1.29, 1.82) is 0 Å². The van der Waals surface area contributed by atoms with Crippen molar-refractivity contribution < 1.29 is 53.1 Å². The lowest BCUT2D eigenvalue weighted by Crippen LogP contribution is -2.61. The number of aliphatic hydroxyl groups excluding tert-OH is 1. The molecular weight excluding hydrogens is 1090 g/mol. The van der Waals surface area contributed by atoms with E-state index in [0.717, 1.165) is 10.9 Å². The van der Waals surface area contributed by atoms with E-state index in [4.69, 9.17) is 40.1 Å². The number of primary amides is 2. The van der Waals surface area contributed by atoms with Gasteiger partial charge in [0.2, 0.25) is 59.1 Å². The number of rotatable bonds is 39. The molecule has 0 aliphatic rings. The molecule has 4 aromatic rings. The van der Waals surface area contributed by atoms with Gasteiger partial charge < -0.3 is 97.7 Å². The van der Waals surface area contributed by atoms with Gasteiger partial charge in [-0.05, 0) is 81.6 Å². The first kappa shape index (κ1) is 67.5. The molecule has 0 aliphatic heterocycles. The van der Waals surface area contributed by atoms with Crippen LogP contribution in [0.25, 0.3) is 10.9 Å². The predicted octanol–water partition coefficient (Wildman–Crippen LogP) is -5.19. The normalized spacial score (nSPS) is 13.9. The highest BCUT2D eigenvalue weighted by Gasteiger charge is 2.35. The Morgan fingerprint density at radius 2 is 1.05 bits per heavy atom. The van der Waals surface area contributed by atoms with Gasteiger partial charge in [0, 0.05) is 61.2 Å². The van der Waals surface area contributed by atoms with Crippen LogP contribution < -0.4 is 82.7 Å². The predicted molar refractivity (Wildman–Crippen MR) is 309 cm³/mol. The Balaban J connectivity index is 1.62. The van der Waals surface area contributed by atoms with E-state index in [2.05, 4.69) is 62.5 Å². The molecule has 0 fully saturated rings. The number of aliphatic imine (C=N–C) groups is 1. The lowest BCUT2D eigenvalue weighted by atomic mass is 10.0. The minimum atomic E-state index is -1.72. The number of benzene rings is 2. The molecule has 0 saturated carbocycles. The van der Waals surface area contributed by atoms with E-state index >= 15 is 0 Å². The van der Waals surface area contributed by atoms with Crippen LogP contribution in [0, 0.1) is 0 Å². The molecule has 25 N–H and O–H groups in total. The van der Waals surface area contributed by atoms with Gasteiger partial charge in [0.05, 0.1) is 25.5 Å². The van der Waals surface area contributed by atoms with Gasteiger partial charge in [-0.25, -0.2) is 4.98 Å². The molecule has 0 saturated heterocycles. The lowest BCUT2D eigenvalue weighted by Gasteiger charge is -2.28. The van der Waals surface area contributed by atoms with Crippen molar-refractivity contribution in [3.05, 3.63) is 90.1 Å². The Morgan fingerprint density at radius 3 is 1.62 bits per heavy atom. The number of amides is 10. The molecule has 30 heteroatoms. The number of nitrogens with zero attached hydrogens (tertiary/aromatic N) is 2. The Morgan fingerprint density at radius 1 is 0.536 bits per heavy atom. The SMILES string of the molecule is NCCCC[C@H](NC(=O)[C@@H](N)CCCCN)C(=O)N[C@@H](CCC(N)=O)C(=O)N[C@@H](CCCN=C(N)N)C(=O)N[C@@H](Cc1ccccc1)C(=O)N[C@@H](Cc1cnc[nH]1)C(=O)N[C@@H](CO)C(=O)N[C@@H](Cc1c[nH]c2ccccc12)C(=O)NCC(N)=O. The van der Waals surface area contributed by atoms with Crippen molar-refractivity contribution in [2.75, 3.05) is 32.8 Å². The molecule has 2 heterocycles. The summed E-state index contributed by atoms with van der Waals surface area (Å²) < 4.78 is 0. The fraction of sp³-hybridized carbons (Fsp3) is 0.481. The lowest BCUT2D eigenvalue weighted by molar-refractivity contribution is -0.136. The first-order valence-corrected chi connectivity index (χ1v) is 27.6. The molecule has 458 valence electrons. The number of carbonyl (C=O) groups excluding carboxylic acids is 10. The highest BCUT2D eigenvalue weighted by atomic mass is 16.3. The zero-order chi connectivity index (χ0) is 61.6. The minimum Gasteiger partial charge on any atom is -0.394 e. The molecule has 8 atom stereocenters. The summed E-state index contributed by atoms with van der Waals surface area (Å²) in [5.41, 5.74) is 41.5. The average molecular weight is 1170 g/mol. The van der Waals surface area contributed by atoms with Crippen LogP contribution in [0.4, 0.5) is 0 Å².